The molecular formula is C13H17N3OS. The van der Waals surface area contributed by atoms with Crippen LogP contribution in [0.2, 0.25) is 0 Å². The van der Waals surface area contributed by atoms with Crippen LogP contribution in [0.15, 0.2) is 18.2 Å². The molecule has 0 aliphatic carbocycles. The number of amides is 1. The molecule has 1 aromatic heterocycles. The maximum absolute atomic E-state index is 11.4. The third-order valence-electron chi connectivity index (χ3n) is 3.15. The Morgan fingerprint density at radius 1 is 1.50 bits per heavy atom. The number of imidazole rings is 1. The summed E-state index contributed by atoms with van der Waals surface area (Å²) in [7, 11) is 0. The van der Waals surface area contributed by atoms with Gasteiger partial charge in [-0.1, -0.05) is 6.07 Å². The van der Waals surface area contributed by atoms with Crippen LogP contribution in [0, 0.1) is 17.1 Å². The first-order valence-corrected chi connectivity index (χ1v) is 6.21. The van der Waals surface area contributed by atoms with E-state index in [1.54, 1.807) is 0 Å². The highest BCUT2D eigenvalue weighted by atomic mass is 32.1. The molecule has 4 nitrogen and oxygen atoms in total. The SMILES string of the molecule is Cc1ccc2[nH]c(=S)n(CC(C)(C)C(N)=O)c2c1. The molecule has 5 heteroatoms. The molecule has 2 rings (SSSR count). The standard InChI is InChI=1S/C13H17N3OS/c1-8-4-5-9-10(6-8)16(12(18)15-9)7-13(2,3)11(14)17/h4-6H,7H2,1-3H3,(H2,14,17)(H,15,18). The minimum atomic E-state index is -0.628. The fourth-order valence-corrected chi connectivity index (χ4v) is 2.17. The van der Waals surface area contributed by atoms with Gasteiger partial charge < -0.3 is 15.3 Å². The Bertz CT molecular complexity index is 666. The van der Waals surface area contributed by atoms with Crippen LogP contribution < -0.4 is 5.73 Å². The Morgan fingerprint density at radius 2 is 2.17 bits per heavy atom. The molecule has 18 heavy (non-hydrogen) atoms. The van der Waals surface area contributed by atoms with Crippen molar-refractivity contribution in [3.8, 4) is 0 Å². The predicted octanol–water partition coefficient (Wildman–Crippen LogP) is 2.52. The van der Waals surface area contributed by atoms with Crippen molar-refractivity contribution in [3.05, 3.63) is 28.5 Å². The Hall–Kier alpha value is -1.62. The van der Waals surface area contributed by atoms with Crippen LogP contribution in [0.3, 0.4) is 0 Å². The molecule has 0 radical (unpaired) electrons. The van der Waals surface area contributed by atoms with Crippen LogP contribution in [0.25, 0.3) is 11.0 Å². The zero-order chi connectivity index (χ0) is 13.5. The molecule has 0 saturated carbocycles. The number of nitrogens with zero attached hydrogens (tertiary/aromatic N) is 1. The molecule has 1 heterocycles. The smallest absolute Gasteiger partial charge is 0.224 e. The molecule has 0 aliphatic heterocycles. The predicted molar refractivity (Wildman–Crippen MR) is 74.8 cm³/mol. The lowest BCUT2D eigenvalue weighted by Crippen LogP contribution is -2.35. The topological polar surface area (TPSA) is 63.8 Å². The van der Waals surface area contributed by atoms with Gasteiger partial charge >= 0.3 is 0 Å². The summed E-state index contributed by atoms with van der Waals surface area (Å²) in [4.78, 5) is 14.6. The number of carbonyl (C=O) groups is 1. The van der Waals surface area contributed by atoms with Crippen molar-refractivity contribution in [2.75, 3.05) is 0 Å². The summed E-state index contributed by atoms with van der Waals surface area (Å²) in [5, 5.41) is 0. The first kappa shape index (κ1) is 12.8. The van der Waals surface area contributed by atoms with Gasteiger partial charge in [0.25, 0.3) is 0 Å². The molecule has 0 saturated heterocycles. The minimum Gasteiger partial charge on any atom is -0.369 e. The van der Waals surface area contributed by atoms with Crippen LogP contribution in [0.4, 0.5) is 0 Å². The molecule has 0 spiro atoms. The van der Waals surface area contributed by atoms with Gasteiger partial charge in [-0.2, -0.15) is 0 Å². The Kier molecular flexibility index (Phi) is 3.02. The molecule has 2 aromatic rings. The molecule has 0 atom stereocenters. The second-order valence-corrected chi connectivity index (χ2v) is 5.67. The first-order chi connectivity index (χ1) is 8.31. The first-order valence-electron chi connectivity index (χ1n) is 5.80. The maximum atomic E-state index is 11.4. The van der Waals surface area contributed by atoms with E-state index in [0.29, 0.717) is 11.3 Å². The number of rotatable bonds is 3. The van der Waals surface area contributed by atoms with E-state index in [1.165, 1.54) is 0 Å². The van der Waals surface area contributed by atoms with Crippen molar-refractivity contribution in [3.63, 3.8) is 0 Å². The maximum Gasteiger partial charge on any atom is 0.224 e. The van der Waals surface area contributed by atoms with E-state index >= 15 is 0 Å². The number of aromatic amines is 1. The molecule has 0 bridgehead atoms. The number of nitrogens with one attached hydrogen (secondary N) is 1. The van der Waals surface area contributed by atoms with Gasteiger partial charge in [0.15, 0.2) is 4.77 Å². The average molecular weight is 263 g/mol. The number of H-pyrrole nitrogens is 1. The fourth-order valence-electron chi connectivity index (χ4n) is 1.89. The lowest BCUT2D eigenvalue weighted by molar-refractivity contribution is -0.126. The second kappa shape index (κ2) is 4.24. The average Bonchev–Trinajstić information content (AvgIpc) is 2.55. The number of primary amides is 1. The summed E-state index contributed by atoms with van der Waals surface area (Å²) in [6.07, 6.45) is 0. The lowest BCUT2D eigenvalue weighted by atomic mass is 9.92. The number of nitrogens with two attached hydrogens (primary N) is 1. The van der Waals surface area contributed by atoms with Gasteiger partial charge in [-0.25, -0.2) is 0 Å². The zero-order valence-electron chi connectivity index (χ0n) is 10.8. The second-order valence-electron chi connectivity index (χ2n) is 5.29. The fraction of sp³-hybridized carbons (Fsp3) is 0.385. The molecule has 0 aliphatic rings. The summed E-state index contributed by atoms with van der Waals surface area (Å²) < 4.78 is 2.55. The number of carbonyl (C=O) groups excluding carboxylic acids is 1. The lowest BCUT2D eigenvalue weighted by Gasteiger charge is -2.21. The number of aromatic nitrogens is 2. The van der Waals surface area contributed by atoms with Crippen molar-refractivity contribution in [2.24, 2.45) is 11.1 Å². The van der Waals surface area contributed by atoms with Crippen molar-refractivity contribution >= 4 is 29.2 Å². The van der Waals surface area contributed by atoms with Gasteiger partial charge in [0.1, 0.15) is 0 Å². The van der Waals surface area contributed by atoms with Crippen molar-refractivity contribution < 1.29 is 4.79 Å². The van der Waals surface area contributed by atoms with E-state index in [2.05, 4.69) is 11.1 Å². The van der Waals surface area contributed by atoms with Crippen molar-refractivity contribution in [1.82, 2.24) is 9.55 Å². The Labute approximate surface area is 111 Å². The summed E-state index contributed by atoms with van der Waals surface area (Å²) in [6, 6.07) is 6.07. The van der Waals surface area contributed by atoms with Crippen LogP contribution in [-0.2, 0) is 11.3 Å². The van der Waals surface area contributed by atoms with Crippen LogP contribution in [0.1, 0.15) is 19.4 Å². The van der Waals surface area contributed by atoms with Crippen LogP contribution in [0.5, 0.6) is 0 Å². The van der Waals surface area contributed by atoms with Gasteiger partial charge in [0, 0.05) is 6.54 Å². The molecular weight excluding hydrogens is 246 g/mol. The van der Waals surface area contributed by atoms with E-state index in [9.17, 15) is 4.79 Å². The van der Waals surface area contributed by atoms with Crippen LogP contribution >= 0.6 is 12.2 Å². The van der Waals surface area contributed by atoms with Gasteiger partial charge in [-0.3, -0.25) is 4.79 Å². The quantitative estimate of drug-likeness (QED) is 0.836. The summed E-state index contributed by atoms with van der Waals surface area (Å²) in [6.45, 7) is 6.15. The summed E-state index contributed by atoms with van der Waals surface area (Å²) in [5.74, 6) is -0.327. The van der Waals surface area contributed by atoms with E-state index < -0.39 is 5.41 Å². The third kappa shape index (κ3) is 2.18. The highest BCUT2D eigenvalue weighted by molar-refractivity contribution is 7.71. The van der Waals surface area contributed by atoms with Crippen molar-refractivity contribution in [1.29, 1.82) is 0 Å². The monoisotopic (exact) mass is 263 g/mol. The number of hydrogen-bond acceptors (Lipinski definition) is 2. The third-order valence-corrected chi connectivity index (χ3v) is 3.47. The summed E-state index contributed by atoms with van der Waals surface area (Å²) in [5.41, 5.74) is 7.93. The van der Waals surface area contributed by atoms with Gasteiger partial charge in [-0.05, 0) is 50.7 Å². The van der Waals surface area contributed by atoms with Crippen LogP contribution in [-0.4, -0.2) is 15.5 Å². The van der Waals surface area contributed by atoms with E-state index in [1.807, 2.05) is 37.5 Å². The molecule has 0 unspecified atom stereocenters. The number of fused-ring (bicyclic) bond motifs is 1. The minimum absolute atomic E-state index is 0.327. The Morgan fingerprint density at radius 3 is 2.78 bits per heavy atom. The molecule has 1 aromatic carbocycles. The number of benzene rings is 1. The molecule has 96 valence electrons. The molecule has 0 fully saturated rings. The number of hydrogen-bond donors (Lipinski definition) is 2. The normalized spacial score (nSPS) is 11.9. The largest absolute Gasteiger partial charge is 0.369 e. The van der Waals surface area contributed by atoms with E-state index in [0.717, 1.165) is 16.6 Å². The highest BCUT2D eigenvalue weighted by Gasteiger charge is 2.26. The Balaban J connectivity index is 2.57. The van der Waals surface area contributed by atoms with Gasteiger partial charge in [0.05, 0.1) is 16.4 Å². The van der Waals surface area contributed by atoms with Gasteiger partial charge in [0.2, 0.25) is 5.91 Å². The molecule has 3 N–H and O–H groups in total. The molecule has 1 amide bonds. The van der Waals surface area contributed by atoms with E-state index in [-0.39, 0.29) is 5.91 Å². The number of aryl methyl sites for hydroxylation is 1. The van der Waals surface area contributed by atoms with Gasteiger partial charge in [-0.15, -0.1) is 0 Å². The van der Waals surface area contributed by atoms with E-state index in [4.69, 9.17) is 18.0 Å². The zero-order valence-corrected chi connectivity index (χ0v) is 11.6. The van der Waals surface area contributed by atoms with Crippen molar-refractivity contribution in [2.45, 2.75) is 27.3 Å². The summed E-state index contributed by atoms with van der Waals surface area (Å²) >= 11 is 5.31. The highest BCUT2D eigenvalue weighted by Crippen LogP contribution is 2.22.